The molecule has 45 heavy (non-hydrogen) atoms. The predicted octanol–water partition coefficient (Wildman–Crippen LogP) is 11.4. The third-order valence-corrected chi connectivity index (χ3v) is 8.65. The SMILES string of the molecule is c1ccc(-c2cc(-c3ccccc3)nc(-c3ccc(-c4cc5ccccc5c5c4oc4cc6ccccc6cc45)cc3)n2)cc1. The van der Waals surface area contributed by atoms with Gasteiger partial charge in [-0.2, -0.15) is 0 Å². The fraction of sp³-hybridized carbons (Fsp3) is 0. The van der Waals surface area contributed by atoms with Gasteiger partial charge in [0.1, 0.15) is 11.2 Å². The van der Waals surface area contributed by atoms with Crippen LogP contribution in [0.5, 0.6) is 0 Å². The first-order chi connectivity index (χ1) is 22.3. The molecule has 0 N–H and O–H groups in total. The van der Waals surface area contributed by atoms with E-state index in [4.69, 9.17) is 14.4 Å². The minimum atomic E-state index is 0.695. The molecule has 3 heteroatoms. The van der Waals surface area contributed by atoms with E-state index in [1.54, 1.807) is 0 Å². The van der Waals surface area contributed by atoms with Crippen LogP contribution in [0.1, 0.15) is 0 Å². The average Bonchev–Trinajstić information content (AvgIpc) is 3.49. The minimum absolute atomic E-state index is 0.695. The highest BCUT2D eigenvalue weighted by atomic mass is 16.3. The van der Waals surface area contributed by atoms with E-state index in [9.17, 15) is 0 Å². The summed E-state index contributed by atoms with van der Waals surface area (Å²) in [5, 5.41) is 7.05. The molecule has 0 aliphatic carbocycles. The van der Waals surface area contributed by atoms with Gasteiger partial charge in [0.15, 0.2) is 5.82 Å². The van der Waals surface area contributed by atoms with Gasteiger partial charge in [-0.3, -0.25) is 0 Å². The normalized spacial score (nSPS) is 11.6. The molecule has 9 aromatic rings. The Kier molecular flexibility index (Phi) is 5.82. The van der Waals surface area contributed by atoms with E-state index >= 15 is 0 Å². The smallest absolute Gasteiger partial charge is 0.160 e. The quantitative estimate of drug-likeness (QED) is 0.210. The number of fused-ring (bicyclic) bond motifs is 6. The van der Waals surface area contributed by atoms with Crippen LogP contribution in [0.25, 0.3) is 88.5 Å². The molecule has 0 radical (unpaired) electrons. The number of hydrogen-bond donors (Lipinski definition) is 0. The summed E-state index contributed by atoms with van der Waals surface area (Å²) in [5.74, 6) is 0.695. The van der Waals surface area contributed by atoms with E-state index < -0.39 is 0 Å². The van der Waals surface area contributed by atoms with Crippen LogP contribution in [-0.4, -0.2) is 9.97 Å². The van der Waals surface area contributed by atoms with Gasteiger partial charge in [0.25, 0.3) is 0 Å². The van der Waals surface area contributed by atoms with Gasteiger partial charge in [-0.1, -0.05) is 133 Å². The zero-order valence-corrected chi connectivity index (χ0v) is 24.3. The van der Waals surface area contributed by atoms with E-state index in [0.717, 1.165) is 61.1 Å². The van der Waals surface area contributed by atoms with Gasteiger partial charge in [0.05, 0.1) is 11.4 Å². The fourth-order valence-corrected chi connectivity index (χ4v) is 6.41. The van der Waals surface area contributed by atoms with Crippen molar-refractivity contribution in [2.75, 3.05) is 0 Å². The molecule has 0 unspecified atom stereocenters. The van der Waals surface area contributed by atoms with Crippen molar-refractivity contribution in [3.63, 3.8) is 0 Å². The summed E-state index contributed by atoms with van der Waals surface area (Å²) >= 11 is 0. The van der Waals surface area contributed by atoms with Gasteiger partial charge in [-0.25, -0.2) is 9.97 Å². The molecule has 0 aliphatic heterocycles. The molecule has 0 spiro atoms. The molecular formula is C42H26N2O. The first-order valence-electron chi connectivity index (χ1n) is 15.2. The monoisotopic (exact) mass is 574 g/mol. The third kappa shape index (κ3) is 4.37. The van der Waals surface area contributed by atoms with Crippen LogP contribution in [0.4, 0.5) is 0 Å². The molecule has 7 aromatic carbocycles. The Balaban J connectivity index is 1.21. The Hall–Kier alpha value is -6.06. The second-order valence-corrected chi connectivity index (χ2v) is 11.4. The summed E-state index contributed by atoms with van der Waals surface area (Å²) in [5.41, 5.74) is 8.83. The summed E-state index contributed by atoms with van der Waals surface area (Å²) in [6.07, 6.45) is 0. The summed E-state index contributed by atoms with van der Waals surface area (Å²) in [6.45, 7) is 0. The molecule has 0 aliphatic rings. The minimum Gasteiger partial charge on any atom is -0.455 e. The molecule has 2 aromatic heterocycles. The van der Waals surface area contributed by atoms with Crippen molar-refractivity contribution in [1.29, 1.82) is 0 Å². The van der Waals surface area contributed by atoms with Gasteiger partial charge in [0, 0.05) is 33.0 Å². The van der Waals surface area contributed by atoms with Gasteiger partial charge >= 0.3 is 0 Å². The van der Waals surface area contributed by atoms with Crippen molar-refractivity contribution in [1.82, 2.24) is 9.97 Å². The Bertz CT molecular complexity index is 2460. The molecule has 210 valence electrons. The van der Waals surface area contributed by atoms with Crippen molar-refractivity contribution in [2.45, 2.75) is 0 Å². The van der Waals surface area contributed by atoms with Crippen LogP contribution in [0.3, 0.4) is 0 Å². The van der Waals surface area contributed by atoms with Crippen LogP contribution in [-0.2, 0) is 0 Å². The maximum absolute atomic E-state index is 6.67. The lowest BCUT2D eigenvalue weighted by molar-refractivity contribution is 0.671. The second-order valence-electron chi connectivity index (χ2n) is 11.4. The van der Waals surface area contributed by atoms with E-state index in [-0.39, 0.29) is 0 Å². The maximum Gasteiger partial charge on any atom is 0.160 e. The van der Waals surface area contributed by atoms with E-state index in [1.807, 2.05) is 36.4 Å². The van der Waals surface area contributed by atoms with E-state index in [1.165, 1.54) is 21.5 Å². The standard InChI is InChI=1S/C42H26N2O/c1-3-11-28(12-4-1)37-26-38(29-13-5-2-6-14-29)44-42(43-37)30-21-19-27(20-22-30)35-24-33-17-9-10-18-34(33)40-36-23-31-15-7-8-16-32(31)25-39(36)45-41(35)40/h1-26H. The number of hydrogen-bond acceptors (Lipinski definition) is 3. The second kappa shape index (κ2) is 10.3. The zero-order valence-electron chi connectivity index (χ0n) is 24.3. The van der Waals surface area contributed by atoms with Crippen molar-refractivity contribution in [3.8, 4) is 45.0 Å². The van der Waals surface area contributed by atoms with Crippen molar-refractivity contribution >= 4 is 43.5 Å². The molecule has 0 saturated heterocycles. The van der Waals surface area contributed by atoms with Crippen molar-refractivity contribution in [2.24, 2.45) is 0 Å². The molecule has 0 fully saturated rings. The molecule has 9 rings (SSSR count). The number of nitrogens with zero attached hydrogens (tertiary/aromatic N) is 2. The maximum atomic E-state index is 6.67. The van der Waals surface area contributed by atoms with Crippen LogP contribution >= 0.6 is 0 Å². The Morgan fingerprint density at radius 3 is 1.62 bits per heavy atom. The first kappa shape index (κ1) is 25.4. The highest BCUT2D eigenvalue weighted by Gasteiger charge is 2.18. The summed E-state index contributed by atoms with van der Waals surface area (Å²) in [4.78, 5) is 10.0. The lowest BCUT2D eigenvalue weighted by Crippen LogP contribution is -1.96. The molecule has 2 heterocycles. The Morgan fingerprint density at radius 2 is 0.956 bits per heavy atom. The molecule has 3 nitrogen and oxygen atoms in total. The number of benzene rings is 7. The van der Waals surface area contributed by atoms with Gasteiger partial charge in [-0.05, 0) is 51.4 Å². The first-order valence-corrected chi connectivity index (χ1v) is 15.2. The van der Waals surface area contributed by atoms with Crippen LogP contribution in [0.15, 0.2) is 162 Å². The lowest BCUT2D eigenvalue weighted by atomic mass is 9.95. The molecule has 0 saturated carbocycles. The van der Waals surface area contributed by atoms with Crippen molar-refractivity contribution < 1.29 is 4.42 Å². The predicted molar refractivity (Wildman–Crippen MR) is 186 cm³/mol. The largest absolute Gasteiger partial charge is 0.455 e. The number of furan rings is 1. The molecule has 0 atom stereocenters. The summed E-state index contributed by atoms with van der Waals surface area (Å²) in [6, 6.07) is 54.9. The summed E-state index contributed by atoms with van der Waals surface area (Å²) in [7, 11) is 0. The van der Waals surface area contributed by atoms with Gasteiger partial charge in [0.2, 0.25) is 0 Å². The third-order valence-electron chi connectivity index (χ3n) is 8.65. The highest BCUT2D eigenvalue weighted by Crippen LogP contribution is 2.42. The van der Waals surface area contributed by atoms with Gasteiger partial charge in [-0.15, -0.1) is 0 Å². The van der Waals surface area contributed by atoms with Crippen LogP contribution < -0.4 is 0 Å². The molecular weight excluding hydrogens is 548 g/mol. The number of rotatable bonds is 4. The van der Waals surface area contributed by atoms with Crippen molar-refractivity contribution in [3.05, 3.63) is 158 Å². The van der Waals surface area contributed by atoms with E-state index in [2.05, 4.69) is 121 Å². The fourth-order valence-electron chi connectivity index (χ4n) is 6.41. The van der Waals surface area contributed by atoms with Crippen LogP contribution in [0, 0.1) is 0 Å². The Morgan fingerprint density at radius 1 is 0.400 bits per heavy atom. The summed E-state index contributed by atoms with van der Waals surface area (Å²) < 4.78 is 6.67. The number of aromatic nitrogens is 2. The zero-order chi connectivity index (χ0) is 29.7. The van der Waals surface area contributed by atoms with Crippen LogP contribution in [0.2, 0.25) is 0 Å². The van der Waals surface area contributed by atoms with E-state index in [0.29, 0.717) is 5.82 Å². The highest BCUT2D eigenvalue weighted by molar-refractivity contribution is 6.24. The average molecular weight is 575 g/mol. The Labute approximate surface area is 260 Å². The molecule has 0 bridgehead atoms. The lowest BCUT2D eigenvalue weighted by Gasteiger charge is -2.11. The topological polar surface area (TPSA) is 38.9 Å². The molecule has 0 amide bonds. The van der Waals surface area contributed by atoms with Gasteiger partial charge < -0.3 is 4.42 Å².